The van der Waals surface area contributed by atoms with E-state index in [4.69, 9.17) is 4.74 Å². The number of rotatable bonds is 4. The van der Waals surface area contributed by atoms with Crippen molar-refractivity contribution in [3.63, 3.8) is 0 Å². The van der Waals surface area contributed by atoms with Crippen LogP contribution in [0.15, 0.2) is 74.1 Å². The van der Waals surface area contributed by atoms with Crippen LogP contribution < -0.4 is 14.9 Å². The van der Waals surface area contributed by atoms with Gasteiger partial charge in [0.2, 0.25) is 0 Å². The van der Waals surface area contributed by atoms with Crippen LogP contribution in [0.25, 0.3) is 6.08 Å². The minimum absolute atomic E-state index is 0.194. The van der Waals surface area contributed by atoms with Crippen LogP contribution in [0.2, 0.25) is 0 Å². The molecular formula is C23H18BrFN2O3S. The molecule has 0 N–H and O–H groups in total. The van der Waals surface area contributed by atoms with Crippen molar-refractivity contribution in [2.75, 3.05) is 6.61 Å². The van der Waals surface area contributed by atoms with E-state index in [0.29, 0.717) is 20.6 Å². The van der Waals surface area contributed by atoms with E-state index in [2.05, 4.69) is 20.9 Å². The average Bonchev–Trinajstić information content (AvgIpc) is 3.04. The molecule has 1 aromatic heterocycles. The van der Waals surface area contributed by atoms with Crippen molar-refractivity contribution in [2.45, 2.75) is 19.9 Å². The Balaban J connectivity index is 1.94. The number of aromatic nitrogens is 1. The predicted octanol–water partition coefficient (Wildman–Crippen LogP) is 3.70. The molecule has 1 aliphatic rings. The number of esters is 1. The molecule has 0 bridgehead atoms. The Kier molecular flexibility index (Phi) is 6.02. The summed E-state index contributed by atoms with van der Waals surface area (Å²) in [4.78, 5) is 31.2. The third kappa shape index (κ3) is 4.18. The molecule has 2 heterocycles. The fourth-order valence-electron chi connectivity index (χ4n) is 3.46. The smallest absolute Gasteiger partial charge is 0.338 e. The van der Waals surface area contributed by atoms with Crippen molar-refractivity contribution in [1.82, 2.24) is 4.57 Å². The standard InChI is InChI=1S/C23H18BrFN2O3S/c1-3-30-22(29)19-13(2)26-23-27(20(19)15-6-10-17(25)11-7-15)21(28)18(31-23)12-14-4-8-16(24)9-5-14/h4-12,20H,3H2,1-2H3/b18-12-/t20-/m1/s1. The molecule has 1 aliphatic heterocycles. The predicted molar refractivity (Wildman–Crippen MR) is 121 cm³/mol. The Hall–Kier alpha value is -2.84. The van der Waals surface area contributed by atoms with Gasteiger partial charge in [0, 0.05) is 4.47 Å². The lowest BCUT2D eigenvalue weighted by molar-refractivity contribution is -0.139. The molecule has 0 spiro atoms. The number of fused-ring (bicyclic) bond motifs is 1. The number of carbonyl (C=O) groups is 1. The first-order chi connectivity index (χ1) is 14.9. The van der Waals surface area contributed by atoms with Gasteiger partial charge < -0.3 is 4.74 Å². The van der Waals surface area contributed by atoms with E-state index in [9.17, 15) is 14.0 Å². The van der Waals surface area contributed by atoms with Crippen LogP contribution in [-0.2, 0) is 9.53 Å². The molecule has 8 heteroatoms. The van der Waals surface area contributed by atoms with Gasteiger partial charge in [0.25, 0.3) is 5.56 Å². The lowest BCUT2D eigenvalue weighted by atomic mass is 9.96. The molecule has 4 rings (SSSR count). The molecule has 3 aromatic rings. The molecule has 0 amide bonds. The summed E-state index contributed by atoms with van der Waals surface area (Å²) in [7, 11) is 0. The van der Waals surface area contributed by atoms with E-state index in [1.54, 1.807) is 32.1 Å². The topological polar surface area (TPSA) is 60.7 Å². The minimum Gasteiger partial charge on any atom is -0.463 e. The van der Waals surface area contributed by atoms with Gasteiger partial charge in [-0.05, 0) is 55.3 Å². The first-order valence-electron chi connectivity index (χ1n) is 9.59. The molecule has 0 saturated carbocycles. The van der Waals surface area contributed by atoms with Gasteiger partial charge in [-0.25, -0.2) is 14.2 Å². The number of allylic oxidation sites excluding steroid dienone is 1. The van der Waals surface area contributed by atoms with E-state index in [0.717, 1.165) is 10.0 Å². The summed E-state index contributed by atoms with van der Waals surface area (Å²) >= 11 is 4.65. The van der Waals surface area contributed by atoms with Crippen molar-refractivity contribution in [3.05, 3.63) is 101 Å². The highest BCUT2D eigenvalue weighted by Gasteiger charge is 2.33. The summed E-state index contributed by atoms with van der Waals surface area (Å²) < 4.78 is 21.7. The number of halogens is 2. The molecule has 0 aliphatic carbocycles. The van der Waals surface area contributed by atoms with Gasteiger partial charge in [-0.1, -0.05) is 51.5 Å². The number of carbonyl (C=O) groups excluding carboxylic acids is 1. The summed E-state index contributed by atoms with van der Waals surface area (Å²) in [6.07, 6.45) is 1.79. The van der Waals surface area contributed by atoms with E-state index in [-0.39, 0.29) is 17.7 Å². The van der Waals surface area contributed by atoms with E-state index in [1.807, 2.05) is 24.3 Å². The largest absolute Gasteiger partial charge is 0.463 e. The molecule has 5 nitrogen and oxygen atoms in total. The Bertz CT molecular complexity index is 1360. The molecule has 0 radical (unpaired) electrons. The summed E-state index contributed by atoms with van der Waals surface area (Å²) in [5.74, 6) is -0.940. The van der Waals surface area contributed by atoms with Gasteiger partial charge >= 0.3 is 5.97 Å². The summed E-state index contributed by atoms with van der Waals surface area (Å²) in [6, 6.07) is 12.6. The van der Waals surface area contributed by atoms with E-state index < -0.39 is 17.8 Å². The SMILES string of the molecule is CCOC(=O)C1=C(C)N=c2s/c(=C\c3ccc(Br)cc3)c(=O)n2[C@@H]1c1ccc(F)cc1. The normalized spacial score (nSPS) is 16.1. The molecule has 0 fully saturated rings. The van der Waals surface area contributed by atoms with Crippen LogP contribution in [0.4, 0.5) is 4.39 Å². The minimum atomic E-state index is -0.747. The van der Waals surface area contributed by atoms with Crippen LogP contribution in [0.1, 0.15) is 31.0 Å². The zero-order valence-electron chi connectivity index (χ0n) is 16.8. The summed E-state index contributed by atoms with van der Waals surface area (Å²) in [5, 5.41) is 0. The Morgan fingerprint density at radius 2 is 1.90 bits per heavy atom. The van der Waals surface area contributed by atoms with Gasteiger partial charge in [0.1, 0.15) is 5.82 Å². The lowest BCUT2D eigenvalue weighted by Crippen LogP contribution is -2.39. The second-order valence-corrected chi connectivity index (χ2v) is 8.83. The number of ether oxygens (including phenoxy) is 1. The maximum Gasteiger partial charge on any atom is 0.338 e. The third-order valence-corrected chi connectivity index (χ3v) is 6.38. The number of hydrogen-bond donors (Lipinski definition) is 0. The zero-order chi connectivity index (χ0) is 22.1. The van der Waals surface area contributed by atoms with Crippen LogP contribution in [-0.4, -0.2) is 17.1 Å². The number of benzene rings is 2. The third-order valence-electron chi connectivity index (χ3n) is 4.87. The van der Waals surface area contributed by atoms with Crippen molar-refractivity contribution in [1.29, 1.82) is 0 Å². The quantitative estimate of drug-likeness (QED) is 0.513. The van der Waals surface area contributed by atoms with Crippen LogP contribution in [0, 0.1) is 5.82 Å². The fourth-order valence-corrected chi connectivity index (χ4v) is 4.77. The molecule has 2 aromatic carbocycles. The second-order valence-electron chi connectivity index (χ2n) is 6.91. The van der Waals surface area contributed by atoms with Gasteiger partial charge in [0.05, 0.1) is 28.5 Å². The molecular weight excluding hydrogens is 483 g/mol. The maximum absolute atomic E-state index is 13.6. The van der Waals surface area contributed by atoms with E-state index >= 15 is 0 Å². The maximum atomic E-state index is 13.6. The summed E-state index contributed by atoms with van der Waals surface area (Å²) in [5.41, 5.74) is 1.96. The van der Waals surface area contributed by atoms with Gasteiger partial charge in [-0.2, -0.15) is 0 Å². The summed E-state index contributed by atoms with van der Waals surface area (Å²) in [6.45, 7) is 3.63. The van der Waals surface area contributed by atoms with Gasteiger partial charge in [-0.3, -0.25) is 9.36 Å². The van der Waals surface area contributed by atoms with Crippen molar-refractivity contribution >= 4 is 39.3 Å². The van der Waals surface area contributed by atoms with Crippen LogP contribution in [0.5, 0.6) is 0 Å². The van der Waals surface area contributed by atoms with Crippen molar-refractivity contribution < 1.29 is 13.9 Å². The van der Waals surface area contributed by atoms with Crippen molar-refractivity contribution in [2.24, 2.45) is 4.99 Å². The average molecular weight is 501 g/mol. The Morgan fingerprint density at radius 1 is 1.23 bits per heavy atom. The number of hydrogen-bond acceptors (Lipinski definition) is 5. The highest BCUT2D eigenvalue weighted by molar-refractivity contribution is 9.10. The van der Waals surface area contributed by atoms with Gasteiger partial charge in [0.15, 0.2) is 4.80 Å². The zero-order valence-corrected chi connectivity index (χ0v) is 19.2. The monoisotopic (exact) mass is 500 g/mol. The highest BCUT2D eigenvalue weighted by Crippen LogP contribution is 2.30. The fraction of sp³-hybridized carbons (Fsp3) is 0.174. The molecule has 0 saturated heterocycles. The van der Waals surface area contributed by atoms with Crippen LogP contribution >= 0.6 is 27.3 Å². The van der Waals surface area contributed by atoms with E-state index in [1.165, 1.54) is 28.0 Å². The first-order valence-corrected chi connectivity index (χ1v) is 11.2. The van der Waals surface area contributed by atoms with Crippen LogP contribution in [0.3, 0.4) is 0 Å². The molecule has 0 unspecified atom stereocenters. The highest BCUT2D eigenvalue weighted by atomic mass is 79.9. The molecule has 1 atom stereocenters. The second kappa shape index (κ2) is 8.72. The first kappa shape index (κ1) is 21.4. The number of thiazole rings is 1. The van der Waals surface area contributed by atoms with Crippen molar-refractivity contribution in [3.8, 4) is 0 Å². The molecule has 31 heavy (non-hydrogen) atoms. The van der Waals surface area contributed by atoms with Gasteiger partial charge in [-0.15, -0.1) is 0 Å². The lowest BCUT2D eigenvalue weighted by Gasteiger charge is -2.24. The Labute approximate surface area is 190 Å². The Morgan fingerprint density at radius 3 is 2.55 bits per heavy atom. The molecule has 158 valence electrons. The number of nitrogens with zero attached hydrogens (tertiary/aromatic N) is 2.